The van der Waals surface area contributed by atoms with Crippen molar-refractivity contribution in [3.05, 3.63) is 63.1 Å². The standard InChI is InChI=1S/C27H34BrClN2O3/c1-18(2)21-11-14-25(24(28)15-21)34-17-26(32)31(16-20-9-12-22(29)13-10-20)19(3)27(33)30-23-7-5-4-6-8-23/h9-15,18-19,23H,4-8,16-17H2,1-3H3,(H,30,33). The number of nitrogens with zero attached hydrogens (tertiary/aromatic N) is 1. The molecule has 5 nitrogen and oxygen atoms in total. The number of ether oxygens (including phenoxy) is 1. The minimum absolute atomic E-state index is 0.128. The molecule has 1 atom stereocenters. The number of hydrogen-bond donors (Lipinski definition) is 1. The first-order valence-electron chi connectivity index (χ1n) is 12.0. The van der Waals surface area contributed by atoms with Crippen LogP contribution in [0.1, 0.15) is 69.9 Å². The Balaban J connectivity index is 1.71. The molecule has 1 saturated carbocycles. The van der Waals surface area contributed by atoms with Crippen molar-refractivity contribution in [2.45, 2.75) is 77.4 Å². The Morgan fingerprint density at radius 1 is 1.09 bits per heavy atom. The van der Waals surface area contributed by atoms with Crippen LogP contribution in [0.25, 0.3) is 0 Å². The third-order valence-electron chi connectivity index (χ3n) is 6.36. The summed E-state index contributed by atoms with van der Waals surface area (Å²) in [4.78, 5) is 27.9. The quantitative estimate of drug-likeness (QED) is 0.390. The molecule has 1 N–H and O–H groups in total. The molecule has 0 bridgehead atoms. The Hall–Kier alpha value is -2.05. The van der Waals surface area contributed by atoms with Gasteiger partial charge in [-0.25, -0.2) is 0 Å². The maximum atomic E-state index is 13.3. The van der Waals surface area contributed by atoms with Crippen LogP contribution < -0.4 is 10.1 Å². The average molecular weight is 550 g/mol. The van der Waals surface area contributed by atoms with Gasteiger partial charge in [-0.3, -0.25) is 9.59 Å². The van der Waals surface area contributed by atoms with E-state index < -0.39 is 6.04 Å². The topological polar surface area (TPSA) is 58.6 Å². The summed E-state index contributed by atoms with van der Waals surface area (Å²) in [7, 11) is 0. The molecule has 1 aliphatic rings. The average Bonchev–Trinajstić information content (AvgIpc) is 2.82. The highest BCUT2D eigenvalue weighted by Crippen LogP contribution is 2.29. The Bertz CT molecular complexity index is 974. The van der Waals surface area contributed by atoms with E-state index in [2.05, 4.69) is 35.1 Å². The lowest BCUT2D eigenvalue weighted by Crippen LogP contribution is -2.51. The van der Waals surface area contributed by atoms with Crippen molar-refractivity contribution in [3.63, 3.8) is 0 Å². The fraction of sp³-hybridized carbons (Fsp3) is 0.481. The van der Waals surface area contributed by atoms with Crippen LogP contribution in [0.3, 0.4) is 0 Å². The van der Waals surface area contributed by atoms with Gasteiger partial charge >= 0.3 is 0 Å². The molecule has 0 saturated heterocycles. The highest BCUT2D eigenvalue weighted by Gasteiger charge is 2.28. The lowest BCUT2D eigenvalue weighted by molar-refractivity contribution is -0.142. The number of nitrogens with one attached hydrogen (secondary N) is 1. The third-order valence-corrected chi connectivity index (χ3v) is 7.23. The molecule has 2 amide bonds. The van der Waals surface area contributed by atoms with Gasteiger partial charge in [0.2, 0.25) is 5.91 Å². The fourth-order valence-electron chi connectivity index (χ4n) is 4.15. The van der Waals surface area contributed by atoms with E-state index in [0.717, 1.165) is 35.7 Å². The summed E-state index contributed by atoms with van der Waals surface area (Å²) < 4.78 is 6.66. The maximum Gasteiger partial charge on any atom is 0.261 e. The van der Waals surface area contributed by atoms with Gasteiger partial charge in [0.05, 0.1) is 4.47 Å². The predicted molar refractivity (Wildman–Crippen MR) is 140 cm³/mol. The molecule has 2 aromatic rings. The molecule has 0 aliphatic heterocycles. The number of benzene rings is 2. The highest BCUT2D eigenvalue weighted by molar-refractivity contribution is 9.10. The lowest BCUT2D eigenvalue weighted by atomic mass is 9.95. The summed E-state index contributed by atoms with van der Waals surface area (Å²) in [5.41, 5.74) is 2.08. The summed E-state index contributed by atoms with van der Waals surface area (Å²) in [5.74, 6) is 0.617. The van der Waals surface area contributed by atoms with E-state index in [9.17, 15) is 9.59 Å². The highest BCUT2D eigenvalue weighted by atomic mass is 79.9. The van der Waals surface area contributed by atoms with Crippen LogP contribution in [0.2, 0.25) is 5.02 Å². The number of hydrogen-bond acceptors (Lipinski definition) is 3. The molecule has 7 heteroatoms. The van der Waals surface area contributed by atoms with Crippen LogP contribution in [-0.2, 0) is 16.1 Å². The Kier molecular flexibility index (Phi) is 9.84. The minimum atomic E-state index is -0.625. The number of carbonyl (C=O) groups excluding carboxylic acids is 2. The molecule has 1 unspecified atom stereocenters. The maximum absolute atomic E-state index is 13.3. The van der Waals surface area contributed by atoms with Gasteiger partial charge in [-0.15, -0.1) is 0 Å². The summed E-state index contributed by atoms with van der Waals surface area (Å²) in [6, 6.07) is 12.8. The van der Waals surface area contributed by atoms with Crippen molar-refractivity contribution in [3.8, 4) is 5.75 Å². The van der Waals surface area contributed by atoms with E-state index >= 15 is 0 Å². The van der Waals surface area contributed by atoms with Gasteiger partial charge in [-0.2, -0.15) is 0 Å². The summed E-state index contributed by atoms with van der Waals surface area (Å²) in [5, 5.41) is 3.77. The van der Waals surface area contributed by atoms with Crippen LogP contribution in [0.15, 0.2) is 46.9 Å². The number of halogens is 2. The Morgan fingerprint density at radius 3 is 2.38 bits per heavy atom. The van der Waals surface area contributed by atoms with E-state index in [1.54, 1.807) is 24.0 Å². The van der Waals surface area contributed by atoms with Gasteiger partial charge in [0, 0.05) is 17.6 Å². The first-order chi connectivity index (χ1) is 16.2. The molecular weight excluding hydrogens is 516 g/mol. The smallest absolute Gasteiger partial charge is 0.261 e. The normalized spacial score (nSPS) is 15.1. The van der Waals surface area contributed by atoms with Crippen molar-refractivity contribution in [1.29, 1.82) is 0 Å². The molecule has 184 valence electrons. The lowest BCUT2D eigenvalue weighted by Gasteiger charge is -2.31. The number of rotatable bonds is 9. The van der Waals surface area contributed by atoms with Crippen LogP contribution in [0.4, 0.5) is 0 Å². The van der Waals surface area contributed by atoms with Crippen molar-refractivity contribution in [2.24, 2.45) is 0 Å². The molecule has 0 aromatic heterocycles. The second-order valence-electron chi connectivity index (χ2n) is 9.30. The van der Waals surface area contributed by atoms with Crippen LogP contribution >= 0.6 is 27.5 Å². The van der Waals surface area contributed by atoms with Gasteiger partial charge in [-0.05, 0) is 77.0 Å². The molecule has 0 heterocycles. The predicted octanol–water partition coefficient (Wildman–Crippen LogP) is 6.47. The zero-order chi connectivity index (χ0) is 24.7. The molecule has 3 rings (SSSR count). The van der Waals surface area contributed by atoms with E-state index in [1.165, 1.54) is 12.0 Å². The van der Waals surface area contributed by atoms with Crippen LogP contribution in [-0.4, -0.2) is 35.4 Å². The first kappa shape index (κ1) is 26.6. The van der Waals surface area contributed by atoms with Crippen LogP contribution in [0.5, 0.6) is 5.75 Å². The SMILES string of the molecule is CC(C)c1ccc(OCC(=O)N(Cc2ccc(Cl)cc2)C(C)C(=O)NC2CCCCC2)c(Br)c1. The second kappa shape index (κ2) is 12.6. The molecule has 1 fully saturated rings. The van der Waals surface area contributed by atoms with Crippen molar-refractivity contribution >= 4 is 39.3 Å². The number of amides is 2. The fourth-order valence-corrected chi connectivity index (χ4v) is 4.79. The summed E-state index contributed by atoms with van der Waals surface area (Å²) in [6.07, 6.45) is 5.46. The van der Waals surface area contributed by atoms with Crippen molar-refractivity contribution in [2.75, 3.05) is 6.61 Å². The molecule has 2 aromatic carbocycles. The third kappa shape index (κ3) is 7.47. The summed E-state index contributed by atoms with van der Waals surface area (Å²) >= 11 is 9.57. The monoisotopic (exact) mass is 548 g/mol. The van der Waals surface area contributed by atoms with Gasteiger partial charge in [0.15, 0.2) is 6.61 Å². The zero-order valence-electron chi connectivity index (χ0n) is 20.2. The molecule has 0 spiro atoms. The molecular formula is C27H34BrClN2O3. The van der Waals surface area contributed by atoms with E-state index in [-0.39, 0.29) is 24.5 Å². The minimum Gasteiger partial charge on any atom is -0.483 e. The number of carbonyl (C=O) groups is 2. The molecule has 0 radical (unpaired) electrons. The second-order valence-corrected chi connectivity index (χ2v) is 10.6. The molecule has 1 aliphatic carbocycles. The van der Waals surface area contributed by atoms with Gasteiger partial charge in [0.25, 0.3) is 5.91 Å². The zero-order valence-corrected chi connectivity index (χ0v) is 22.5. The van der Waals surface area contributed by atoms with E-state index in [1.807, 2.05) is 30.3 Å². The largest absolute Gasteiger partial charge is 0.483 e. The molecule has 34 heavy (non-hydrogen) atoms. The Labute approximate surface area is 216 Å². The van der Waals surface area contributed by atoms with Crippen molar-refractivity contribution in [1.82, 2.24) is 10.2 Å². The van der Waals surface area contributed by atoms with Crippen LogP contribution in [0, 0.1) is 0 Å². The van der Waals surface area contributed by atoms with Gasteiger partial charge < -0.3 is 15.0 Å². The van der Waals surface area contributed by atoms with Gasteiger partial charge in [-0.1, -0.05) is 62.9 Å². The van der Waals surface area contributed by atoms with Gasteiger partial charge in [0.1, 0.15) is 11.8 Å². The van der Waals surface area contributed by atoms with E-state index in [0.29, 0.717) is 23.2 Å². The Morgan fingerprint density at radius 2 is 1.76 bits per heavy atom. The summed E-state index contributed by atoms with van der Waals surface area (Å²) in [6.45, 7) is 6.17. The first-order valence-corrected chi connectivity index (χ1v) is 13.2. The van der Waals surface area contributed by atoms with E-state index in [4.69, 9.17) is 16.3 Å². The van der Waals surface area contributed by atoms with Crippen molar-refractivity contribution < 1.29 is 14.3 Å².